The summed E-state index contributed by atoms with van der Waals surface area (Å²) < 4.78 is 0. The monoisotopic (exact) mass is 408 g/mol. The molecule has 1 aliphatic rings. The van der Waals surface area contributed by atoms with Crippen molar-refractivity contribution in [2.75, 3.05) is 0 Å². The molecule has 1 fully saturated rings. The quantitative estimate of drug-likeness (QED) is 0.541. The van der Waals surface area contributed by atoms with Gasteiger partial charge < -0.3 is 10.3 Å². The molecule has 136 valence electrons. The Morgan fingerprint density at radius 3 is 2.65 bits per heavy atom. The van der Waals surface area contributed by atoms with Crippen molar-refractivity contribution in [2.24, 2.45) is 0 Å². The average molecular weight is 410 g/mol. The highest BCUT2D eigenvalue weighted by atomic mass is 35.5. The van der Waals surface area contributed by atoms with Gasteiger partial charge in [0.1, 0.15) is 11.0 Å². The van der Waals surface area contributed by atoms with Crippen LogP contribution in [0.1, 0.15) is 43.0 Å². The molecule has 3 aromatic rings. The van der Waals surface area contributed by atoms with Crippen LogP contribution in [0.2, 0.25) is 15.2 Å². The maximum Gasteiger partial charge on any atom is 0.179 e. The predicted octanol–water partition coefficient (Wildman–Crippen LogP) is 5.73. The first-order valence-corrected chi connectivity index (χ1v) is 9.91. The van der Waals surface area contributed by atoms with Crippen molar-refractivity contribution in [3.8, 4) is 0 Å². The van der Waals surface area contributed by atoms with Crippen LogP contribution in [0, 0.1) is 0 Å². The normalized spacial score (nSPS) is 20.6. The zero-order valence-electron chi connectivity index (χ0n) is 14.1. The van der Waals surface area contributed by atoms with Gasteiger partial charge in [0.25, 0.3) is 0 Å². The average Bonchev–Trinajstić information content (AvgIpc) is 3.03. The minimum atomic E-state index is 0.400. The lowest BCUT2D eigenvalue weighted by Gasteiger charge is -2.29. The largest absolute Gasteiger partial charge is 0.340 e. The summed E-state index contributed by atoms with van der Waals surface area (Å²) in [4.78, 5) is 12.4. The fraction of sp³-hybridized carbons (Fsp3) is 0.368. The molecule has 0 spiro atoms. The minimum absolute atomic E-state index is 0.400. The Hall–Kier alpha value is -1.33. The molecule has 2 aromatic heterocycles. The van der Waals surface area contributed by atoms with Gasteiger partial charge in [0, 0.05) is 28.5 Å². The van der Waals surface area contributed by atoms with E-state index < -0.39 is 0 Å². The van der Waals surface area contributed by atoms with E-state index in [9.17, 15) is 0 Å². The second-order valence-electron chi connectivity index (χ2n) is 6.85. The van der Waals surface area contributed by atoms with Crippen LogP contribution in [0.4, 0.5) is 0 Å². The zero-order chi connectivity index (χ0) is 18.1. The Morgan fingerprint density at radius 2 is 1.85 bits per heavy atom. The molecule has 26 heavy (non-hydrogen) atoms. The van der Waals surface area contributed by atoms with Crippen molar-refractivity contribution in [3.63, 3.8) is 0 Å². The maximum atomic E-state index is 6.08. The fourth-order valence-corrected chi connectivity index (χ4v) is 4.39. The van der Waals surface area contributed by atoms with E-state index in [-0.39, 0.29) is 0 Å². The number of fused-ring (bicyclic) bond motifs is 1. The number of H-pyrrole nitrogens is 1. The molecule has 0 amide bonds. The van der Waals surface area contributed by atoms with Crippen molar-refractivity contribution < 1.29 is 0 Å². The summed E-state index contributed by atoms with van der Waals surface area (Å²) in [6, 6.07) is 9.82. The second kappa shape index (κ2) is 7.73. The SMILES string of the molecule is Clc1cc(Cl)cc(CN[C@@H]2CCC[C@@H](c3nc4nc(Cl)ccc4[nH]3)C2)c1. The summed E-state index contributed by atoms with van der Waals surface area (Å²) in [5.74, 6) is 1.41. The van der Waals surface area contributed by atoms with E-state index in [2.05, 4.69) is 20.3 Å². The van der Waals surface area contributed by atoms with Gasteiger partial charge in [0.15, 0.2) is 5.65 Å². The number of imidazole rings is 1. The van der Waals surface area contributed by atoms with Gasteiger partial charge in [0.05, 0.1) is 5.52 Å². The molecule has 1 aliphatic carbocycles. The molecule has 0 saturated heterocycles. The van der Waals surface area contributed by atoms with E-state index in [0.717, 1.165) is 42.7 Å². The van der Waals surface area contributed by atoms with E-state index in [1.165, 1.54) is 6.42 Å². The number of nitrogens with zero attached hydrogens (tertiary/aromatic N) is 2. The molecule has 4 rings (SSSR count). The van der Waals surface area contributed by atoms with Crippen LogP contribution < -0.4 is 5.32 Å². The third kappa shape index (κ3) is 4.15. The first kappa shape index (κ1) is 18.1. The Labute approximate surface area is 167 Å². The number of benzene rings is 1. The Balaban J connectivity index is 1.43. The highest BCUT2D eigenvalue weighted by molar-refractivity contribution is 6.34. The van der Waals surface area contributed by atoms with Gasteiger partial charge in [0.2, 0.25) is 0 Å². The molecule has 0 unspecified atom stereocenters. The topological polar surface area (TPSA) is 53.6 Å². The van der Waals surface area contributed by atoms with Crippen molar-refractivity contribution >= 4 is 46.0 Å². The Morgan fingerprint density at radius 1 is 1.04 bits per heavy atom. The predicted molar refractivity (Wildman–Crippen MR) is 107 cm³/mol. The molecule has 0 radical (unpaired) electrons. The number of nitrogens with one attached hydrogen (secondary N) is 2. The van der Waals surface area contributed by atoms with Gasteiger partial charge in [-0.2, -0.15) is 0 Å². The molecule has 2 N–H and O–H groups in total. The van der Waals surface area contributed by atoms with Gasteiger partial charge in [-0.25, -0.2) is 9.97 Å². The third-order valence-corrected chi connectivity index (χ3v) is 5.56. The molecular weight excluding hydrogens is 391 g/mol. The van der Waals surface area contributed by atoms with E-state index in [4.69, 9.17) is 34.8 Å². The van der Waals surface area contributed by atoms with Crippen molar-refractivity contribution in [2.45, 2.75) is 44.2 Å². The molecule has 1 aromatic carbocycles. The number of aromatic amines is 1. The van der Waals surface area contributed by atoms with E-state index in [0.29, 0.717) is 32.8 Å². The highest BCUT2D eigenvalue weighted by Gasteiger charge is 2.25. The summed E-state index contributed by atoms with van der Waals surface area (Å²) in [5.41, 5.74) is 2.73. The van der Waals surface area contributed by atoms with E-state index in [1.807, 2.05) is 18.2 Å². The number of hydrogen-bond acceptors (Lipinski definition) is 3. The van der Waals surface area contributed by atoms with Crippen LogP contribution in [0.5, 0.6) is 0 Å². The van der Waals surface area contributed by atoms with Gasteiger partial charge in [-0.05, 0) is 55.2 Å². The Kier molecular flexibility index (Phi) is 5.37. The minimum Gasteiger partial charge on any atom is -0.340 e. The number of aromatic nitrogens is 3. The van der Waals surface area contributed by atoms with Crippen LogP contribution in [0.3, 0.4) is 0 Å². The van der Waals surface area contributed by atoms with Gasteiger partial charge in [-0.1, -0.05) is 41.2 Å². The summed E-state index contributed by atoms with van der Waals surface area (Å²) in [5, 5.41) is 5.45. The van der Waals surface area contributed by atoms with Crippen molar-refractivity contribution in [1.82, 2.24) is 20.3 Å². The van der Waals surface area contributed by atoms with Crippen LogP contribution in [-0.2, 0) is 6.54 Å². The Bertz CT molecular complexity index is 904. The first-order valence-electron chi connectivity index (χ1n) is 8.77. The molecule has 2 atom stereocenters. The van der Waals surface area contributed by atoms with Crippen molar-refractivity contribution in [3.05, 3.63) is 56.9 Å². The lowest BCUT2D eigenvalue weighted by Crippen LogP contribution is -2.33. The summed E-state index contributed by atoms with van der Waals surface area (Å²) >= 11 is 18.1. The smallest absolute Gasteiger partial charge is 0.179 e. The number of rotatable bonds is 4. The lowest BCUT2D eigenvalue weighted by atomic mass is 9.85. The standard InChI is InChI=1S/C19H19Cl3N4/c20-13-6-11(7-14(21)9-13)10-23-15-3-1-2-12(8-15)18-24-16-4-5-17(22)25-19(16)26-18/h4-7,9,12,15,23H,1-3,8,10H2,(H,24,25,26)/t12-,15-/m1/s1. The fourth-order valence-electron chi connectivity index (χ4n) is 3.68. The molecular formula is C19H19Cl3N4. The summed E-state index contributed by atoms with van der Waals surface area (Å²) in [6.45, 7) is 0.759. The van der Waals surface area contributed by atoms with Gasteiger partial charge in [-0.3, -0.25) is 0 Å². The highest BCUT2D eigenvalue weighted by Crippen LogP contribution is 2.32. The first-order chi connectivity index (χ1) is 12.6. The maximum absolute atomic E-state index is 6.08. The van der Waals surface area contributed by atoms with E-state index >= 15 is 0 Å². The lowest BCUT2D eigenvalue weighted by molar-refractivity contribution is 0.332. The van der Waals surface area contributed by atoms with Gasteiger partial charge in [-0.15, -0.1) is 0 Å². The van der Waals surface area contributed by atoms with Crippen molar-refractivity contribution in [1.29, 1.82) is 0 Å². The molecule has 4 nitrogen and oxygen atoms in total. The molecule has 7 heteroatoms. The van der Waals surface area contributed by atoms with E-state index in [1.54, 1.807) is 12.1 Å². The van der Waals surface area contributed by atoms with Crippen LogP contribution in [0.15, 0.2) is 30.3 Å². The molecule has 2 heterocycles. The zero-order valence-corrected chi connectivity index (χ0v) is 16.4. The number of pyridine rings is 1. The molecule has 1 saturated carbocycles. The van der Waals surface area contributed by atoms with Crippen LogP contribution >= 0.6 is 34.8 Å². The van der Waals surface area contributed by atoms with Gasteiger partial charge >= 0.3 is 0 Å². The number of halogens is 3. The summed E-state index contributed by atoms with van der Waals surface area (Å²) in [7, 11) is 0. The van der Waals surface area contributed by atoms with Crippen LogP contribution in [-0.4, -0.2) is 21.0 Å². The molecule has 0 aliphatic heterocycles. The third-order valence-electron chi connectivity index (χ3n) is 4.91. The van der Waals surface area contributed by atoms with Crippen LogP contribution in [0.25, 0.3) is 11.2 Å². The second-order valence-corrected chi connectivity index (χ2v) is 8.11. The summed E-state index contributed by atoms with van der Waals surface area (Å²) in [6.07, 6.45) is 4.51. The molecule has 0 bridgehead atoms. The number of hydrogen-bond donors (Lipinski definition) is 2.